The van der Waals surface area contributed by atoms with Crippen molar-refractivity contribution >= 4 is 50.7 Å². The van der Waals surface area contributed by atoms with Gasteiger partial charge in [0.15, 0.2) is 10.8 Å². The van der Waals surface area contributed by atoms with Gasteiger partial charge in [-0.3, -0.25) is 0 Å². The van der Waals surface area contributed by atoms with Gasteiger partial charge in [0, 0.05) is 5.02 Å². The van der Waals surface area contributed by atoms with E-state index in [0.29, 0.717) is 20.8 Å². The fourth-order valence-corrected chi connectivity index (χ4v) is 1.95. The van der Waals surface area contributed by atoms with Gasteiger partial charge in [0.2, 0.25) is 0 Å². The summed E-state index contributed by atoms with van der Waals surface area (Å²) < 4.78 is 5.47. The zero-order valence-corrected chi connectivity index (χ0v) is 11.2. The van der Waals surface area contributed by atoms with Crippen LogP contribution in [-0.2, 0) is 0 Å². The van der Waals surface area contributed by atoms with Crippen LogP contribution in [0.1, 0.15) is 13.3 Å². The van der Waals surface area contributed by atoms with E-state index in [4.69, 9.17) is 39.5 Å². The zero-order chi connectivity index (χ0) is 10.7. The van der Waals surface area contributed by atoms with Crippen LogP contribution in [0.25, 0.3) is 0 Å². The molecule has 14 heavy (non-hydrogen) atoms. The standard InChI is InChI=1S/C9H8BrCl3O/c1-2-8(10)14-9-6(12)3-5(11)4-7(9)13/h3-4,8H,2H2,1H3. The Morgan fingerprint density at radius 3 is 2.21 bits per heavy atom. The van der Waals surface area contributed by atoms with Crippen molar-refractivity contribution in [3.63, 3.8) is 0 Å². The lowest BCUT2D eigenvalue weighted by Crippen LogP contribution is -2.06. The van der Waals surface area contributed by atoms with Gasteiger partial charge in [-0.25, -0.2) is 0 Å². The summed E-state index contributed by atoms with van der Waals surface area (Å²) in [4.78, 5) is 0. The monoisotopic (exact) mass is 316 g/mol. The summed E-state index contributed by atoms with van der Waals surface area (Å²) in [6, 6.07) is 3.19. The van der Waals surface area contributed by atoms with Gasteiger partial charge in [-0.05, 0) is 34.5 Å². The van der Waals surface area contributed by atoms with E-state index in [1.165, 1.54) is 0 Å². The highest BCUT2D eigenvalue weighted by Gasteiger charge is 2.12. The van der Waals surface area contributed by atoms with Crippen molar-refractivity contribution < 1.29 is 4.74 Å². The molecule has 0 aliphatic rings. The maximum atomic E-state index is 5.92. The van der Waals surface area contributed by atoms with E-state index >= 15 is 0 Å². The summed E-state index contributed by atoms with van der Waals surface area (Å²) in [6.45, 7) is 1.98. The second-order valence-electron chi connectivity index (χ2n) is 2.63. The van der Waals surface area contributed by atoms with Gasteiger partial charge in [0.05, 0.1) is 10.0 Å². The third-order valence-corrected chi connectivity index (χ3v) is 3.14. The van der Waals surface area contributed by atoms with Crippen LogP contribution in [0.15, 0.2) is 12.1 Å². The Labute approximate surface area is 106 Å². The number of halogens is 4. The molecule has 0 radical (unpaired) electrons. The molecule has 0 aromatic heterocycles. The van der Waals surface area contributed by atoms with Crippen molar-refractivity contribution in [1.29, 1.82) is 0 Å². The quantitative estimate of drug-likeness (QED) is 0.700. The van der Waals surface area contributed by atoms with E-state index in [-0.39, 0.29) is 5.01 Å². The van der Waals surface area contributed by atoms with Crippen LogP contribution in [0, 0.1) is 0 Å². The van der Waals surface area contributed by atoms with Gasteiger partial charge < -0.3 is 4.74 Å². The maximum Gasteiger partial charge on any atom is 0.158 e. The zero-order valence-electron chi connectivity index (χ0n) is 7.36. The molecule has 1 atom stereocenters. The van der Waals surface area contributed by atoms with Crippen LogP contribution >= 0.6 is 50.7 Å². The lowest BCUT2D eigenvalue weighted by Gasteiger charge is -2.13. The maximum absolute atomic E-state index is 5.92. The molecule has 5 heteroatoms. The van der Waals surface area contributed by atoms with Gasteiger partial charge in [0.1, 0.15) is 0 Å². The molecule has 0 amide bonds. The molecule has 1 nitrogen and oxygen atoms in total. The first-order chi connectivity index (χ1) is 6.54. The van der Waals surface area contributed by atoms with E-state index in [9.17, 15) is 0 Å². The topological polar surface area (TPSA) is 9.23 Å². The average molecular weight is 318 g/mol. The minimum atomic E-state index is -0.0984. The third-order valence-electron chi connectivity index (χ3n) is 1.53. The molecule has 0 fully saturated rings. The van der Waals surface area contributed by atoms with Crippen molar-refractivity contribution in [2.45, 2.75) is 18.4 Å². The van der Waals surface area contributed by atoms with Crippen LogP contribution in [-0.4, -0.2) is 5.01 Å². The van der Waals surface area contributed by atoms with Crippen LogP contribution in [0.3, 0.4) is 0 Å². The van der Waals surface area contributed by atoms with Crippen molar-refractivity contribution in [2.24, 2.45) is 0 Å². The molecule has 0 aliphatic carbocycles. The molecule has 78 valence electrons. The molecule has 1 aromatic carbocycles. The lowest BCUT2D eigenvalue weighted by atomic mass is 10.3. The Hall–Kier alpha value is 0.370. The number of hydrogen-bond donors (Lipinski definition) is 0. The fourth-order valence-electron chi connectivity index (χ4n) is 0.853. The molecule has 0 aliphatic heterocycles. The minimum absolute atomic E-state index is 0.0984. The largest absolute Gasteiger partial charge is 0.476 e. The highest BCUT2D eigenvalue weighted by Crippen LogP contribution is 2.37. The number of alkyl halides is 1. The minimum Gasteiger partial charge on any atom is -0.476 e. The molecule has 0 N–H and O–H groups in total. The van der Waals surface area contributed by atoms with E-state index in [2.05, 4.69) is 15.9 Å². The molecular weight excluding hydrogens is 310 g/mol. The smallest absolute Gasteiger partial charge is 0.158 e. The van der Waals surface area contributed by atoms with Crippen LogP contribution in [0.5, 0.6) is 5.75 Å². The van der Waals surface area contributed by atoms with Gasteiger partial charge in [-0.2, -0.15) is 0 Å². The molecule has 1 rings (SSSR count). The fraction of sp³-hybridized carbons (Fsp3) is 0.333. The average Bonchev–Trinajstić information content (AvgIpc) is 2.10. The van der Waals surface area contributed by atoms with Gasteiger partial charge in [-0.15, -0.1) is 0 Å². The second kappa shape index (κ2) is 5.45. The summed E-state index contributed by atoms with van der Waals surface area (Å²) in [7, 11) is 0. The molecule has 0 spiro atoms. The Kier molecular flexibility index (Phi) is 4.84. The Morgan fingerprint density at radius 1 is 1.29 bits per heavy atom. The lowest BCUT2D eigenvalue weighted by molar-refractivity contribution is 0.291. The highest BCUT2D eigenvalue weighted by molar-refractivity contribution is 9.09. The van der Waals surface area contributed by atoms with Gasteiger partial charge >= 0.3 is 0 Å². The summed E-state index contributed by atoms with van der Waals surface area (Å²) >= 11 is 20.9. The second-order valence-corrected chi connectivity index (χ2v) is 4.91. The summed E-state index contributed by atoms with van der Waals surface area (Å²) in [6.07, 6.45) is 0.815. The molecule has 0 heterocycles. The first-order valence-electron chi connectivity index (χ1n) is 4.00. The summed E-state index contributed by atoms with van der Waals surface area (Å²) in [5.41, 5.74) is 0. The van der Waals surface area contributed by atoms with E-state index < -0.39 is 0 Å². The predicted octanol–water partition coefficient (Wildman–Crippen LogP) is 5.16. The number of ether oxygens (including phenoxy) is 1. The SMILES string of the molecule is CCC(Br)Oc1c(Cl)cc(Cl)cc1Cl. The van der Waals surface area contributed by atoms with E-state index in [1.54, 1.807) is 12.1 Å². The van der Waals surface area contributed by atoms with Crippen molar-refractivity contribution in [3.05, 3.63) is 27.2 Å². The van der Waals surface area contributed by atoms with Gasteiger partial charge in [0.25, 0.3) is 0 Å². The van der Waals surface area contributed by atoms with Crippen LogP contribution in [0.2, 0.25) is 15.1 Å². The predicted molar refractivity (Wildman–Crippen MR) is 65.1 cm³/mol. The first kappa shape index (κ1) is 12.4. The van der Waals surface area contributed by atoms with Crippen molar-refractivity contribution in [1.82, 2.24) is 0 Å². The molecular formula is C9H8BrCl3O. The normalized spacial score (nSPS) is 12.6. The number of rotatable bonds is 3. The Bertz CT molecular complexity index is 307. The number of benzene rings is 1. The Morgan fingerprint density at radius 2 is 1.79 bits per heavy atom. The third kappa shape index (κ3) is 3.20. The molecule has 0 saturated heterocycles. The number of hydrogen-bond acceptors (Lipinski definition) is 1. The van der Waals surface area contributed by atoms with Crippen LogP contribution < -0.4 is 4.74 Å². The van der Waals surface area contributed by atoms with E-state index in [0.717, 1.165) is 6.42 Å². The van der Waals surface area contributed by atoms with Crippen molar-refractivity contribution in [3.8, 4) is 5.75 Å². The van der Waals surface area contributed by atoms with Crippen LogP contribution in [0.4, 0.5) is 0 Å². The summed E-state index contributed by atoms with van der Waals surface area (Å²) in [5.74, 6) is 0.460. The molecule has 0 saturated carbocycles. The molecule has 1 unspecified atom stereocenters. The van der Waals surface area contributed by atoms with E-state index in [1.807, 2.05) is 6.92 Å². The highest BCUT2D eigenvalue weighted by atomic mass is 79.9. The molecule has 0 bridgehead atoms. The first-order valence-corrected chi connectivity index (χ1v) is 6.04. The Balaban J connectivity index is 2.96. The molecule has 1 aromatic rings. The summed E-state index contributed by atoms with van der Waals surface area (Å²) in [5, 5.41) is 1.23. The van der Waals surface area contributed by atoms with Gasteiger partial charge in [-0.1, -0.05) is 41.7 Å². The van der Waals surface area contributed by atoms with Crippen molar-refractivity contribution in [2.75, 3.05) is 0 Å².